The number of hydrogen-bond donors (Lipinski definition) is 1. The van der Waals surface area contributed by atoms with E-state index >= 15 is 0 Å². The van der Waals surface area contributed by atoms with Crippen molar-refractivity contribution >= 4 is 35.0 Å². The van der Waals surface area contributed by atoms with Crippen LogP contribution in [-0.4, -0.2) is 36.0 Å². The van der Waals surface area contributed by atoms with Crippen molar-refractivity contribution in [2.24, 2.45) is 4.99 Å². The van der Waals surface area contributed by atoms with Gasteiger partial charge in [0.1, 0.15) is 0 Å². The van der Waals surface area contributed by atoms with Crippen molar-refractivity contribution in [3.05, 3.63) is 83.5 Å². The second-order valence-electron chi connectivity index (χ2n) is 8.36. The maximum absolute atomic E-state index is 13.7. The van der Waals surface area contributed by atoms with Gasteiger partial charge < -0.3 is 19.3 Å². The molecule has 0 saturated carbocycles. The largest absolute Gasteiger partial charge is 0.502 e. The molecule has 1 aliphatic rings. The summed E-state index contributed by atoms with van der Waals surface area (Å²) in [5.41, 5.74) is 1.72. The average molecular weight is 529 g/mol. The number of carbonyl (C=O) groups excluding carboxylic acids is 1. The first kappa shape index (κ1) is 25.5. The smallest absolute Gasteiger partial charge is 0.338 e. The van der Waals surface area contributed by atoms with E-state index in [9.17, 15) is 14.7 Å². The molecule has 36 heavy (non-hydrogen) atoms. The van der Waals surface area contributed by atoms with Gasteiger partial charge in [-0.15, -0.1) is 0 Å². The lowest BCUT2D eigenvalue weighted by Crippen LogP contribution is -2.40. The lowest BCUT2D eigenvalue weighted by Gasteiger charge is -2.25. The zero-order valence-corrected chi connectivity index (χ0v) is 21.9. The molecule has 188 valence electrons. The number of fused-ring (bicyclic) bond motifs is 1. The van der Waals surface area contributed by atoms with E-state index < -0.39 is 12.0 Å². The van der Waals surface area contributed by atoms with Crippen LogP contribution >= 0.6 is 22.9 Å². The zero-order chi connectivity index (χ0) is 26.1. The number of phenols is 1. The minimum Gasteiger partial charge on any atom is -0.502 e. The first-order chi connectivity index (χ1) is 17.1. The van der Waals surface area contributed by atoms with Gasteiger partial charge in [0.25, 0.3) is 5.56 Å². The molecule has 2 heterocycles. The van der Waals surface area contributed by atoms with Gasteiger partial charge in [0.15, 0.2) is 16.3 Å². The van der Waals surface area contributed by atoms with Gasteiger partial charge in [0.2, 0.25) is 5.75 Å². The average Bonchev–Trinajstić information content (AvgIpc) is 3.13. The van der Waals surface area contributed by atoms with Gasteiger partial charge in [0.05, 0.1) is 42.2 Å². The van der Waals surface area contributed by atoms with Gasteiger partial charge in [-0.3, -0.25) is 9.36 Å². The van der Waals surface area contributed by atoms with Crippen LogP contribution in [0.15, 0.2) is 57.5 Å². The van der Waals surface area contributed by atoms with Crippen LogP contribution in [0.2, 0.25) is 5.02 Å². The van der Waals surface area contributed by atoms with Crippen LogP contribution in [0.25, 0.3) is 6.08 Å². The molecule has 0 aliphatic carbocycles. The molecule has 8 nitrogen and oxygen atoms in total. The van der Waals surface area contributed by atoms with Gasteiger partial charge >= 0.3 is 5.97 Å². The molecule has 1 N–H and O–H groups in total. The number of aromatic nitrogens is 1. The second kappa shape index (κ2) is 10.2. The van der Waals surface area contributed by atoms with Crippen molar-refractivity contribution < 1.29 is 24.1 Å². The van der Waals surface area contributed by atoms with Gasteiger partial charge in [-0.05, 0) is 62.2 Å². The fraction of sp³-hybridized carbons (Fsp3) is 0.269. The molecule has 0 saturated heterocycles. The number of allylic oxidation sites excluding steroid dienone is 1. The molecule has 0 bridgehead atoms. The van der Waals surface area contributed by atoms with Crippen molar-refractivity contribution in [1.82, 2.24) is 4.57 Å². The fourth-order valence-electron chi connectivity index (χ4n) is 3.97. The molecule has 2 aromatic carbocycles. The summed E-state index contributed by atoms with van der Waals surface area (Å²) in [5, 5.41) is 10.8. The van der Waals surface area contributed by atoms with Gasteiger partial charge in [-0.25, -0.2) is 9.79 Å². The van der Waals surface area contributed by atoms with Crippen LogP contribution in [0.1, 0.15) is 37.9 Å². The number of nitrogens with zero attached hydrogens (tertiary/aromatic N) is 2. The minimum atomic E-state index is -0.740. The Bertz CT molecular complexity index is 1510. The van der Waals surface area contributed by atoms with E-state index in [1.54, 1.807) is 63.2 Å². The highest BCUT2D eigenvalue weighted by Crippen LogP contribution is 2.37. The van der Waals surface area contributed by atoms with Crippen LogP contribution in [0.5, 0.6) is 17.2 Å². The van der Waals surface area contributed by atoms with E-state index in [0.29, 0.717) is 31.2 Å². The molecule has 3 aromatic rings. The number of esters is 1. The zero-order valence-electron chi connectivity index (χ0n) is 20.4. The SMILES string of the molecule is COc1cc(/C=c2/sc3n(c2=O)[C@@H](c2ccc(Cl)cc2)C(C(=O)OC(C)C)=C(C)N=3)cc(OC)c1O. The molecule has 0 unspecified atom stereocenters. The topological polar surface area (TPSA) is 99.4 Å². The Kier molecular flexibility index (Phi) is 7.23. The summed E-state index contributed by atoms with van der Waals surface area (Å²) in [4.78, 5) is 31.9. The number of benzene rings is 2. The molecule has 1 aliphatic heterocycles. The molecular formula is C26H25ClN2O6S. The predicted octanol–water partition coefficient (Wildman–Crippen LogP) is 3.56. The van der Waals surface area contributed by atoms with E-state index in [0.717, 1.165) is 0 Å². The highest BCUT2D eigenvalue weighted by Gasteiger charge is 2.33. The van der Waals surface area contributed by atoms with Crippen LogP contribution in [0.3, 0.4) is 0 Å². The molecule has 0 fully saturated rings. The van der Waals surface area contributed by atoms with Crippen LogP contribution in [-0.2, 0) is 9.53 Å². The summed E-state index contributed by atoms with van der Waals surface area (Å²) in [5.74, 6) is -0.247. The Morgan fingerprint density at radius 2 is 1.78 bits per heavy atom. The quantitative estimate of drug-likeness (QED) is 0.491. The Morgan fingerprint density at radius 1 is 1.17 bits per heavy atom. The third-order valence-corrected chi connectivity index (χ3v) is 6.80. The van der Waals surface area contributed by atoms with Crippen molar-refractivity contribution in [1.29, 1.82) is 0 Å². The summed E-state index contributed by atoms with van der Waals surface area (Å²) >= 11 is 7.29. The minimum absolute atomic E-state index is 0.134. The summed E-state index contributed by atoms with van der Waals surface area (Å²) < 4.78 is 17.8. The first-order valence-electron chi connectivity index (χ1n) is 11.1. The summed E-state index contributed by atoms with van der Waals surface area (Å²) in [6.07, 6.45) is 1.33. The van der Waals surface area contributed by atoms with Crippen LogP contribution < -0.4 is 24.4 Å². The fourth-order valence-corrected chi connectivity index (χ4v) is 5.14. The second-order valence-corrected chi connectivity index (χ2v) is 9.81. The van der Waals surface area contributed by atoms with Crippen LogP contribution in [0.4, 0.5) is 0 Å². The number of ether oxygens (including phenoxy) is 3. The monoisotopic (exact) mass is 528 g/mol. The number of aromatic hydroxyl groups is 1. The standard InChI is InChI=1S/C26H25ClN2O6S/c1-13(2)35-25(32)21-14(3)28-26-29(22(21)16-6-8-17(27)9-7-16)24(31)20(36-26)12-15-10-18(33-4)23(30)19(11-15)34-5/h6-13,22,30H,1-5H3/b20-12+/t22-/m0/s1. The highest BCUT2D eigenvalue weighted by molar-refractivity contribution is 7.07. The Morgan fingerprint density at radius 3 is 2.33 bits per heavy atom. The number of thiazole rings is 1. The number of hydrogen-bond acceptors (Lipinski definition) is 8. The van der Waals surface area contributed by atoms with Crippen molar-refractivity contribution in [3.8, 4) is 17.2 Å². The molecule has 10 heteroatoms. The number of phenolic OH excluding ortho intramolecular Hbond substituents is 1. The molecule has 0 spiro atoms. The molecule has 4 rings (SSSR count). The van der Waals surface area contributed by atoms with E-state index in [1.807, 2.05) is 0 Å². The third kappa shape index (κ3) is 4.76. The molecular weight excluding hydrogens is 504 g/mol. The summed E-state index contributed by atoms with van der Waals surface area (Å²) in [7, 11) is 2.86. The molecule has 1 atom stereocenters. The Balaban J connectivity index is 1.94. The maximum atomic E-state index is 13.7. The summed E-state index contributed by atoms with van der Waals surface area (Å²) in [6.45, 7) is 5.26. The lowest BCUT2D eigenvalue weighted by molar-refractivity contribution is -0.143. The number of rotatable bonds is 6. The lowest BCUT2D eigenvalue weighted by atomic mass is 9.96. The highest BCUT2D eigenvalue weighted by atomic mass is 35.5. The third-order valence-electron chi connectivity index (χ3n) is 5.57. The van der Waals surface area contributed by atoms with Gasteiger partial charge in [-0.2, -0.15) is 0 Å². The molecule has 0 amide bonds. The summed E-state index contributed by atoms with van der Waals surface area (Å²) in [6, 6.07) is 9.44. The van der Waals surface area contributed by atoms with Gasteiger partial charge in [-0.1, -0.05) is 35.1 Å². The van der Waals surface area contributed by atoms with E-state index in [4.69, 9.17) is 25.8 Å². The van der Waals surface area contributed by atoms with Gasteiger partial charge in [0, 0.05) is 5.02 Å². The normalized spacial score (nSPS) is 15.5. The Hall–Kier alpha value is -3.56. The van der Waals surface area contributed by atoms with Crippen LogP contribution in [0, 0.1) is 0 Å². The van der Waals surface area contributed by atoms with E-state index in [-0.39, 0.29) is 34.5 Å². The number of halogens is 1. The van der Waals surface area contributed by atoms with Crippen molar-refractivity contribution in [2.75, 3.05) is 14.2 Å². The van der Waals surface area contributed by atoms with Crippen molar-refractivity contribution in [2.45, 2.75) is 32.9 Å². The number of carbonyl (C=O) groups is 1. The Labute approximate surface area is 216 Å². The number of methoxy groups -OCH3 is 2. The first-order valence-corrected chi connectivity index (χ1v) is 12.3. The maximum Gasteiger partial charge on any atom is 0.338 e. The van der Waals surface area contributed by atoms with Crippen molar-refractivity contribution in [3.63, 3.8) is 0 Å². The van der Waals surface area contributed by atoms with E-state index in [1.165, 1.54) is 30.1 Å². The van der Waals surface area contributed by atoms with E-state index in [2.05, 4.69) is 4.99 Å². The molecule has 1 aromatic heterocycles. The predicted molar refractivity (Wildman–Crippen MR) is 138 cm³/mol. The molecule has 0 radical (unpaired) electrons.